The molecule has 0 saturated heterocycles. The highest BCUT2D eigenvalue weighted by atomic mass is 32.2. The molecule has 112 valence electrons. The molecule has 20 heavy (non-hydrogen) atoms. The standard InChI is InChI=1S/C15H23NO3S/c1-15(2)10-9-13(14(15)16-3)20(17,18)12-8-6-5-7-11(12)19-4/h5-8,13-14,16H,9-10H2,1-4H3. The molecule has 0 bridgehead atoms. The molecule has 1 aliphatic carbocycles. The Bertz CT molecular complexity index is 581. The molecule has 0 heterocycles. The van der Waals surface area contributed by atoms with Crippen molar-refractivity contribution in [2.24, 2.45) is 5.41 Å². The first kappa shape index (κ1) is 15.3. The van der Waals surface area contributed by atoms with Crippen LogP contribution >= 0.6 is 0 Å². The van der Waals surface area contributed by atoms with Crippen molar-refractivity contribution in [1.29, 1.82) is 0 Å². The van der Waals surface area contributed by atoms with Crippen molar-refractivity contribution >= 4 is 9.84 Å². The molecule has 1 aromatic carbocycles. The molecule has 0 spiro atoms. The lowest BCUT2D eigenvalue weighted by molar-refractivity contribution is 0.297. The van der Waals surface area contributed by atoms with Gasteiger partial charge in [0.2, 0.25) is 0 Å². The highest BCUT2D eigenvalue weighted by molar-refractivity contribution is 7.92. The molecule has 1 aliphatic rings. The summed E-state index contributed by atoms with van der Waals surface area (Å²) in [6.07, 6.45) is 1.58. The van der Waals surface area contributed by atoms with Gasteiger partial charge in [-0.1, -0.05) is 26.0 Å². The third-order valence-electron chi connectivity index (χ3n) is 4.37. The second-order valence-corrected chi connectivity index (χ2v) is 8.16. The fraction of sp³-hybridized carbons (Fsp3) is 0.600. The Balaban J connectivity index is 2.46. The molecule has 0 radical (unpaired) electrons. The van der Waals surface area contributed by atoms with Crippen molar-refractivity contribution in [2.75, 3.05) is 14.2 Å². The number of rotatable bonds is 4. The molecular weight excluding hydrogens is 274 g/mol. The lowest BCUT2D eigenvalue weighted by Gasteiger charge is -2.30. The number of para-hydroxylation sites is 1. The van der Waals surface area contributed by atoms with Crippen LogP contribution in [-0.2, 0) is 9.84 Å². The topological polar surface area (TPSA) is 55.4 Å². The van der Waals surface area contributed by atoms with Gasteiger partial charge in [-0.25, -0.2) is 8.42 Å². The predicted octanol–water partition coefficient (Wildman–Crippen LogP) is 2.25. The van der Waals surface area contributed by atoms with E-state index in [0.29, 0.717) is 17.1 Å². The number of benzene rings is 1. The van der Waals surface area contributed by atoms with E-state index >= 15 is 0 Å². The summed E-state index contributed by atoms with van der Waals surface area (Å²) in [6, 6.07) is 6.81. The normalized spacial score (nSPS) is 25.6. The average Bonchev–Trinajstić information content (AvgIpc) is 2.74. The van der Waals surface area contributed by atoms with E-state index in [1.54, 1.807) is 24.3 Å². The third-order valence-corrected chi connectivity index (χ3v) is 6.63. The maximum Gasteiger partial charge on any atom is 0.186 e. The molecule has 1 saturated carbocycles. The summed E-state index contributed by atoms with van der Waals surface area (Å²) >= 11 is 0. The molecule has 2 unspecified atom stereocenters. The van der Waals surface area contributed by atoms with Crippen LogP contribution in [0.4, 0.5) is 0 Å². The third kappa shape index (κ3) is 2.44. The zero-order chi connectivity index (χ0) is 15.0. The van der Waals surface area contributed by atoms with Crippen molar-refractivity contribution < 1.29 is 13.2 Å². The molecular formula is C15H23NO3S. The van der Waals surface area contributed by atoms with Crippen molar-refractivity contribution in [3.8, 4) is 5.75 Å². The van der Waals surface area contributed by atoms with Gasteiger partial charge in [0.25, 0.3) is 0 Å². The number of hydrogen-bond acceptors (Lipinski definition) is 4. The minimum atomic E-state index is -3.40. The highest BCUT2D eigenvalue weighted by Crippen LogP contribution is 2.43. The molecule has 0 amide bonds. The van der Waals surface area contributed by atoms with E-state index in [4.69, 9.17) is 4.74 Å². The van der Waals surface area contributed by atoms with Crippen LogP contribution in [0.2, 0.25) is 0 Å². The van der Waals surface area contributed by atoms with Crippen molar-refractivity contribution in [3.63, 3.8) is 0 Å². The van der Waals surface area contributed by atoms with Gasteiger partial charge in [-0.15, -0.1) is 0 Å². The van der Waals surface area contributed by atoms with Gasteiger partial charge in [0.1, 0.15) is 10.6 Å². The van der Waals surface area contributed by atoms with Gasteiger partial charge in [0.15, 0.2) is 9.84 Å². The van der Waals surface area contributed by atoms with E-state index in [-0.39, 0.29) is 11.5 Å². The van der Waals surface area contributed by atoms with E-state index in [9.17, 15) is 8.42 Å². The fourth-order valence-electron chi connectivity index (χ4n) is 3.27. The Hall–Kier alpha value is -1.07. The Labute approximate surface area is 121 Å². The number of ether oxygens (including phenoxy) is 1. The molecule has 5 heteroatoms. The maximum absolute atomic E-state index is 13.0. The van der Waals surface area contributed by atoms with Gasteiger partial charge in [-0.05, 0) is 37.4 Å². The summed E-state index contributed by atoms with van der Waals surface area (Å²) in [5, 5.41) is 2.79. The Morgan fingerprint density at radius 2 is 1.95 bits per heavy atom. The summed E-state index contributed by atoms with van der Waals surface area (Å²) in [4.78, 5) is 0.297. The van der Waals surface area contributed by atoms with E-state index in [2.05, 4.69) is 19.2 Å². The second kappa shape index (κ2) is 5.37. The zero-order valence-electron chi connectivity index (χ0n) is 12.5. The summed E-state index contributed by atoms with van der Waals surface area (Å²) < 4.78 is 31.1. The smallest absolute Gasteiger partial charge is 0.186 e. The zero-order valence-corrected chi connectivity index (χ0v) is 13.3. The Kier molecular flexibility index (Phi) is 4.12. The van der Waals surface area contributed by atoms with E-state index in [0.717, 1.165) is 6.42 Å². The van der Waals surface area contributed by atoms with Crippen LogP contribution in [0.5, 0.6) is 5.75 Å². The van der Waals surface area contributed by atoms with Crippen LogP contribution in [0.3, 0.4) is 0 Å². The Morgan fingerprint density at radius 1 is 1.30 bits per heavy atom. The van der Waals surface area contributed by atoms with Crippen LogP contribution in [-0.4, -0.2) is 33.9 Å². The first-order valence-corrected chi connectivity index (χ1v) is 8.43. The molecule has 4 nitrogen and oxygen atoms in total. The molecule has 1 aromatic rings. The van der Waals surface area contributed by atoms with Crippen LogP contribution in [0.1, 0.15) is 26.7 Å². The number of methoxy groups -OCH3 is 1. The maximum atomic E-state index is 13.0. The van der Waals surface area contributed by atoms with Crippen LogP contribution in [0.25, 0.3) is 0 Å². The van der Waals surface area contributed by atoms with Gasteiger partial charge in [0, 0.05) is 6.04 Å². The molecule has 2 atom stereocenters. The molecule has 0 aromatic heterocycles. The van der Waals surface area contributed by atoms with Crippen LogP contribution < -0.4 is 10.1 Å². The van der Waals surface area contributed by atoms with Gasteiger partial charge < -0.3 is 10.1 Å². The largest absolute Gasteiger partial charge is 0.495 e. The van der Waals surface area contributed by atoms with Gasteiger partial charge in [0.05, 0.1) is 12.4 Å². The predicted molar refractivity (Wildman–Crippen MR) is 79.8 cm³/mol. The van der Waals surface area contributed by atoms with Crippen LogP contribution in [0.15, 0.2) is 29.2 Å². The summed E-state index contributed by atoms with van der Waals surface area (Å²) in [5.41, 5.74) is -0.0193. The van der Waals surface area contributed by atoms with Gasteiger partial charge >= 0.3 is 0 Å². The number of sulfone groups is 1. The van der Waals surface area contributed by atoms with Gasteiger partial charge in [-0.2, -0.15) is 0 Å². The van der Waals surface area contributed by atoms with E-state index in [1.807, 2.05) is 7.05 Å². The Morgan fingerprint density at radius 3 is 2.55 bits per heavy atom. The number of hydrogen-bond donors (Lipinski definition) is 1. The first-order valence-electron chi connectivity index (χ1n) is 6.89. The monoisotopic (exact) mass is 297 g/mol. The van der Waals surface area contributed by atoms with Crippen molar-refractivity contribution in [3.05, 3.63) is 24.3 Å². The van der Waals surface area contributed by atoms with Gasteiger partial charge in [-0.3, -0.25) is 0 Å². The second-order valence-electron chi connectivity index (χ2n) is 6.03. The van der Waals surface area contributed by atoms with E-state index < -0.39 is 15.1 Å². The van der Waals surface area contributed by atoms with E-state index in [1.165, 1.54) is 7.11 Å². The average molecular weight is 297 g/mol. The molecule has 1 fully saturated rings. The lowest BCUT2D eigenvalue weighted by atomic mass is 9.87. The highest BCUT2D eigenvalue weighted by Gasteiger charge is 2.48. The minimum absolute atomic E-state index is 0.0193. The van der Waals surface area contributed by atoms with Crippen LogP contribution in [0, 0.1) is 5.41 Å². The number of nitrogens with one attached hydrogen (secondary N) is 1. The molecule has 0 aliphatic heterocycles. The summed E-state index contributed by atoms with van der Waals surface area (Å²) in [6.45, 7) is 4.23. The molecule has 2 rings (SSSR count). The summed E-state index contributed by atoms with van der Waals surface area (Å²) in [5.74, 6) is 0.423. The fourth-order valence-corrected chi connectivity index (χ4v) is 5.58. The first-order chi connectivity index (χ1) is 9.34. The van der Waals surface area contributed by atoms with Crippen molar-refractivity contribution in [2.45, 2.75) is 42.9 Å². The lowest BCUT2D eigenvalue weighted by Crippen LogP contribution is -2.45. The SMILES string of the molecule is CNC1C(S(=O)(=O)c2ccccc2OC)CCC1(C)C. The summed E-state index contributed by atoms with van der Waals surface area (Å²) in [7, 11) is -0.0630. The molecule has 1 N–H and O–H groups in total. The minimum Gasteiger partial charge on any atom is -0.495 e. The van der Waals surface area contributed by atoms with Crippen molar-refractivity contribution in [1.82, 2.24) is 5.32 Å². The quantitative estimate of drug-likeness (QED) is 0.926.